The van der Waals surface area contributed by atoms with E-state index in [-0.39, 0.29) is 10.7 Å². The first-order chi connectivity index (χ1) is 14.5. The fourth-order valence-electron chi connectivity index (χ4n) is 4.46. The fraction of sp³-hybridized carbons (Fsp3) is 0.160. The number of nitrogens with one attached hydrogen (secondary N) is 1. The van der Waals surface area contributed by atoms with Gasteiger partial charge in [-0.2, -0.15) is 8.42 Å². The van der Waals surface area contributed by atoms with Gasteiger partial charge in [-0.3, -0.25) is 9.35 Å². The second-order valence-electron chi connectivity index (χ2n) is 8.02. The van der Waals surface area contributed by atoms with Gasteiger partial charge in [-0.25, -0.2) is 0 Å². The lowest BCUT2D eigenvalue weighted by Crippen LogP contribution is -2.19. The summed E-state index contributed by atoms with van der Waals surface area (Å²) in [6, 6.07) is 12.5. The Morgan fingerprint density at radius 1 is 0.903 bits per heavy atom. The molecule has 3 aromatic rings. The Hall–Kier alpha value is -3.22. The van der Waals surface area contributed by atoms with Crippen molar-refractivity contribution in [3.63, 3.8) is 0 Å². The third-order valence-corrected chi connectivity index (χ3v) is 6.76. The lowest BCUT2D eigenvalue weighted by Gasteiger charge is -2.27. The first-order valence-corrected chi connectivity index (χ1v) is 11.3. The lowest BCUT2D eigenvalue weighted by atomic mass is 9.79. The Kier molecular flexibility index (Phi) is 4.87. The molecule has 6 heteroatoms. The highest BCUT2D eigenvalue weighted by atomic mass is 32.2. The van der Waals surface area contributed by atoms with Crippen molar-refractivity contribution in [2.24, 2.45) is 0 Å². The predicted molar refractivity (Wildman–Crippen MR) is 123 cm³/mol. The molecule has 5 nitrogen and oxygen atoms in total. The summed E-state index contributed by atoms with van der Waals surface area (Å²) in [4.78, 5) is 13.3. The van der Waals surface area contributed by atoms with Gasteiger partial charge in [-0.15, -0.1) is 0 Å². The van der Waals surface area contributed by atoms with Crippen LogP contribution in [-0.2, 0) is 10.1 Å². The van der Waals surface area contributed by atoms with Crippen LogP contribution in [0, 0.1) is 27.7 Å². The molecular formula is C25H23NO4S. The van der Waals surface area contributed by atoms with Gasteiger partial charge in [0.2, 0.25) is 0 Å². The molecule has 1 aliphatic carbocycles. The second kappa shape index (κ2) is 7.18. The van der Waals surface area contributed by atoms with Gasteiger partial charge in [0.1, 0.15) is 0 Å². The first kappa shape index (κ1) is 21.0. The highest BCUT2D eigenvalue weighted by molar-refractivity contribution is 7.85. The number of fused-ring (bicyclic) bond motifs is 2. The van der Waals surface area contributed by atoms with Crippen LogP contribution in [0.2, 0.25) is 0 Å². The summed E-state index contributed by atoms with van der Waals surface area (Å²) < 4.78 is 34.2. The Bertz CT molecular complexity index is 1380. The zero-order valence-electron chi connectivity index (χ0n) is 17.8. The van der Waals surface area contributed by atoms with E-state index in [9.17, 15) is 17.8 Å². The summed E-state index contributed by atoms with van der Waals surface area (Å²) in [6.45, 7) is 11.6. The van der Waals surface area contributed by atoms with E-state index in [2.05, 4.69) is 11.9 Å². The quantitative estimate of drug-likeness (QED) is 0.416. The molecule has 4 rings (SSSR count). The SMILES string of the molecule is C=C1c2ccccc2C(=O)c2c(Nc3c(C)cc(C)cc3C)cc(S(=O)(=O)O)c(C)c21. The topological polar surface area (TPSA) is 83.5 Å². The van der Waals surface area contributed by atoms with Crippen molar-refractivity contribution in [1.29, 1.82) is 0 Å². The van der Waals surface area contributed by atoms with Crippen molar-refractivity contribution in [1.82, 2.24) is 0 Å². The molecule has 0 saturated heterocycles. The molecule has 1 aliphatic rings. The van der Waals surface area contributed by atoms with Gasteiger partial charge in [0.25, 0.3) is 10.1 Å². The highest BCUT2D eigenvalue weighted by Gasteiger charge is 2.33. The summed E-state index contributed by atoms with van der Waals surface area (Å²) in [5.41, 5.74) is 6.94. The number of ketones is 1. The third kappa shape index (κ3) is 3.38. The number of hydrogen-bond donors (Lipinski definition) is 2. The van der Waals surface area contributed by atoms with Crippen LogP contribution < -0.4 is 5.32 Å². The van der Waals surface area contributed by atoms with Gasteiger partial charge in [-0.05, 0) is 67.2 Å². The van der Waals surface area contributed by atoms with Crippen molar-refractivity contribution >= 4 is 32.8 Å². The zero-order chi connectivity index (χ0) is 22.7. The molecule has 0 aromatic heterocycles. The van der Waals surface area contributed by atoms with Crippen LogP contribution in [0.3, 0.4) is 0 Å². The van der Waals surface area contributed by atoms with Crippen molar-refractivity contribution in [3.8, 4) is 0 Å². The molecule has 3 aromatic carbocycles. The Morgan fingerprint density at radius 2 is 1.48 bits per heavy atom. The van der Waals surface area contributed by atoms with E-state index in [1.807, 2.05) is 39.0 Å². The minimum absolute atomic E-state index is 0.215. The summed E-state index contributed by atoms with van der Waals surface area (Å²) >= 11 is 0. The van der Waals surface area contributed by atoms with Crippen molar-refractivity contribution in [3.05, 3.63) is 93.6 Å². The van der Waals surface area contributed by atoms with Gasteiger partial charge in [0.15, 0.2) is 5.78 Å². The van der Waals surface area contributed by atoms with Crippen LogP contribution in [0.15, 0.2) is 53.9 Å². The average molecular weight is 434 g/mol. The lowest BCUT2D eigenvalue weighted by molar-refractivity contribution is 0.103. The molecule has 0 spiro atoms. The highest BCUT2D eigenvalue weighted by Crippen LogP contribution is 2.43. The predicted octanol–water partition coefficient (Wildman–Crippen LogP) is 5.52. The largest absolute Gasteiger partial charge is 0.354 e. The summed E-state index contributed by atoms with van der Waals surface area (Å²) in [6.07, 6.45) is 0. The van der Waals surface area contributed by atoms with Crippen LogP contribution >= 0.6 is 0 Å². The molecule has 158 valence electrons. The monoisotopic (exact) mass is 433 g/mol. The molecule has 31 heavy (non-hydrogen) atoms. The average Bonchev–Trinajstić information content (AvgIpc) is 2.68. The number of benzene rings is 3. The molecule has 0 heterocycles. The first-order valence-electron chi connectivity index (χ1n) is 9.84. The normalized spacial score (nSPS) is 13.1. The number of rotatable bonds is 3. The van der Waals surface area contributed by atoms with Crippen molar-refractivity contribution in [2.75, 3.05) is 5.32 Å². The van der Waals surface area contributed by atoms with Crippen LogP contribution in [0.25, 0.3) is 5.57 Å². The Labute approximate surface area is 182 Å². The van der Waals surface area contributed by atoms with Crippen molar-refractivity contribution in [2.45, 2.75) is 32.6 Å². The van der Waals surface area contributed by atoms with E-state index in [1.165, 1.54) is 6.07 Å². The molecule has 0 amide bonds. The second-order valence-corrected chi connectivity index (χ2v) is 9.41. The molecular weight excluding hydrogens is 410 g/mol. The van der Waals surface area contributed by atoms with Gasteiger partial charge in [0.05, 0.1) is 16.1 Å². The number of carbonyl (C=O) groups excluding carboxylic acids is 1. The van der Waals surface area contributed by atoms with E-state index in [0.717, 1.165) is 22.4 Å². The summed E-state index contributed by atoms with van der Waals surface area (Å²) in [7, 11) is -4.52. The molecule has 0 atom stereocenters. The molecule has 0 fully saturated rings. The fourth-order valence-corrected chi connectivity index (χ4v) is 5.22. The standard InChI is InChI=1S/C25H23NO4S/c1-13-10-14(2)24(15(3)11-13)26-20-12-21(31(28,29)30)17(5)22-16(4)18-8-6-7-9-19(18)25(27)23(20)22/h6-12,26H,4H2,1-3,5H3,(H,28,29,30). The van der Waals surface area contributed by atoms with E-state index < -0.39 is 10.1 Å². The maximum absolute atomic E-state index is 13.5. The van der Waals surface area contributed by atoms with E-state index in [0.29, 0.717) is 39.1 Å². The van der Waals surface area contributed by atoms with Crippen LogP contribution in [-0.4, -0.2) is 18.8 Å². The van der Waals surface area contributed by atoms with Gasteiger partial charge in [-0.1, -0.05) is 48.5 Å². The smallest absolute Gasteiger partial charge is 0.294 e. The Balaban J connectivity index is 2.05. The zero-order valence-corrected chi connectivity index (χ0v) is 18.6. The molecule has 0 radical (unpaired) electrons. The van der Waals surface area contributed by atoms with Crippen LogP contribution in [0.1, 0.15) is 49.3 Å². The molecule has 0 unspecified atom stereocenters. The third-order valence-electron chi connectivity index (χ3n) is 5.78. The van der Waals surface area contributed by atoms with Gasteiger partial charge < -0.3 is 5.32 Å². The van der Waals surface area contributed by atoms with Crippen LogP contribution in [0.4, 0.5) is 11.4 Å². The Morgan fingerprint density at radius 3 is 2.06 bits per heavy atom. The molecule has 0 bridgehead atoms. The van der Waals surface area contributed by atoms with E-state index in [1.54, 1.807) is 25.1 Å². The van der Waals surface area contributed by atoms with Crippen LogP contribution in [0.5, 0.6) is 0 Å². The maximum atomic E-state index is 13.5. The minimum atomic E-state index is -4.52. The minimum Gasteiger partial charge on any atom is -0.354 e. The summed E-state index contributed by atoms with van der Waals surface area (Å²) in [5.74, 6) is -0.215. The number of aryl methyl sites for hydroxylation is 3. The number of carbonyl (C=O) groups is 1. The summed E-state index contributed by atoms with van der Waals surface area (Å²) in [5, 5.41) is 3.28. The van der Waals surface area contributed by atoms with Gasteiger partial charge in [0, 0.05) is 11.3 Å². The number of anilines is 2. The maximum Gasteiger partial charge on any atom is 0.294 e. The molecule has 2 N–H and O–H groups in total. The van der Waals surface area contributed by atoms with E-state index in [4.69, 9.17) is 0 Å². The molecule has 0 saturated carbocycles. The van der Waals surface area contributed by atoms with Gasteiger partial charge >= 0.3 is 0 Å². The van der Waals surface area contributed by atoms with Crippen molar-refractivity contribution < 1.29 is 17.8 Å². The molecule has 0 aliphatic heterocycles. The number of hydrogen-bond acceptors (Lipinski definition) is 4. The van der Waals surface area contributed by atoms with E-state index >= 15 is 0 Å².